The molecular formula is C15H20N2O. The highest BCUT2D eigenvalue weighted by Gasteiger charge is 2.09. The van der Waals surface area contributed by atoms with E-state index in [9.17, 15) is 5.11 Å². The first-order valence-electron chi connectivity index (χ1n) is 6.39. The van der Waals surface area contributed by atoms with E-state index in [2.05, 4.69) is 42.0 Å². The molecule has 3 heteroatoms. The Hall–Kier alpha value is -1.61. The van der Waals surface area contributed by atoms with Gasteiger partial charge in [0.1, 0.15) is 0 Å². The predicted molar refractivity (Wildman–Crippen MR) is 72.4 cm³/mol. The summed E-state index contributed by atoms with van der Waals surface area (Å²) in [5.74, 6) is 0. The van der Waals surface area contributed by atoms with Gasteiger partial charge in [-0.05, 0) is 44.2 Å². The fourth-order valence-corrected chi connectivity index (χ4v) is 2.21. The third-order valence-corrected chi connectivity index (χ3v) is 3.28. The molecule has 1 heterocycles. The predicted octanol–water partition coefficient (Wildman–Crippen LogP) is 3.08. The Kier molecular flexibility index (Phi) is 4.15. The van der Waals surface area contributed by atoms with E-state index in [1.165, 1.54) is 16.7 Å². The standard InChI is InChI=1S/C15H20N2O/c1-11-6-7-13(12(2)8-11)4-3-5-15(18)14-9-16-10-17-14/h6-10,15,18H,3-5H2,1-2H3,(H,16,17). The van der Waals surface area contributed by atoms with E-state index in [4.69, 9.17) is 0 Å². The molecule has 0 aliphatic rings. The number of hydrogen-bond acceptors (Lipinski definition) is 2. The van der Waals surface area contributed by atoms with Gasteiger partial charge < -0.3 is 10.1 Å². The number of aliphatic hydroxyl groups is 1. The van der Waals surface area contributed by atoms with Crippen LogP contribution in [0.2, 0.25) is 0 Å². The van der Waals surface area contributed by atoms with Gasteiger partial charge in [-0.25, -0.2) is 4.98 Å². The molecule has 2 rings (SSSR count). The summed E-state index contributed by atoms with van der Waals surface area (Å²) < 4.78 is 0. The Bertz CT molecular complexity index is 491. The summed E-state index contributed by atoms with van der Waals surface area (Å²) in [6, 6.07) is 6.54. The molecule has 0 spiro atoms. The molecule has 0 amide bonds. The largest absolute Gasteiger partial charge is 0.387 e. The second-order valence-corrected chi connectivity index (χ2v) is 4.83. The van der Waals surface area contributed by atoms with Crippen molar-refractivity contribution in [1.82, 2.24) is 9.97 Å². The molecule has 0 saturated carbocycles. The molecule has 0 fully saturated rings. The summed E-state index contributed by atoms with van der Waals surface area (Å²) in [6.07, 6.45) is 5.62. The lowest BCUT2D eigenvalue weighted by Gasteiger charge is -2.09. The highest BCUT2D eigenvalue weighted by Crippen LogP contribution is 2.19. The SMILES string of the molecule is Cc1ccc(CCCC(O)c2c[nH]cn2)c(C)c1. The lowest BCUT2D eigenvalue weighted by molar-refractivity contribution is 0.160. The Morgan fingerprint density at radius 1 is 1.33 bits per heavy atom. The number of aryl methyl sites for hydroxylation is 3. The summed E-state index contributed by atoms with van der Waals surface area (Å²) in [7, 11) is 0. The van der Waals surface area contributed by atoms with Crippen molar-refractivity contribution in [2.45, 2.75) is 39.2 Å². The van der Waals surface area contributed by atoms with E-state index in [-0.39, 0.29) is 0 Å². The van der Waals surface area contributed by atoms with Crippen molar-refractivity contribution in [3.63, 3.8) is 0 Å². The molecule has 0 radical (unpaired) electrons. The highest BCUT2D eigenvalue weighted by molar-refractivity contribution is 5.30. The van der Waals surface area contributed by atoms with Gasteiger partial charge in [-0.3, -0.25) is 0 Å². The zero-order chi connectivity index (χ0) is 13.0. The third kappa shape index (κ3) is 3.20. The van der Waals surface area contributed by atoms with Crippen molar-refractivity contribution in [2.24, 2.45) is 0 Å². The van der Waals surface area contributed by atoms with Crippen LogP contribution in [0.3, 0.4) is 0 Å². The second-order valence-electron chi connectivity index (χ2n) is 4.83. The summed E-state index contributed by atoms with van der Waals surface area (Å²) in [6.45, 7) is 4.25. The van der Waals surface area contributed by atoms with Crippen molar-refractivity contribution in [3.05, 3.63) is 53.1 Å². The van der Waals surface area contributed by atoms with Crippen LogP contribution < -0.4 is 0 Å². The minimum absolute atomic E-state index is 0.456. The number of nitrogens with one attached hydrogen (secondary N) is 1. The molecular weight excluding hydrogens is 224 g/mol. The maximum absolute atomic E-state index is 9.92. The average molecular weight is 244 g/mol. The van der Waals surface area contributed by atoms with Crippen LogP contribution in [0.15, 0.2) is 30.7 Å². The van der Waals surface area contributed by atoms with Crippen LogP contribution >= 0.6 is 0 Å². The number of aliphatic hydroxyl groups excluding tert-OH is 1. The number of imidazole rings is 1. The molecule has 1 unspecified atom stereocenters. The van der Waals surface area contributed by atoms with Gasteiger partial charge in [0.15, 0.2) is 0 Å². The van der Waals surface area contributed by atoms with Gasteiger partial charge in [-0.2, -0.15) is 0 Å². The Labute approximate surface area is 108 Å². The Morgan fingerprint density at radius 2 is 2.17 bits per heavy atom. The van der Waals surface area contributed by atoms with Gasteiger partial charge in [0, 0.05) is 6.20 Å². The lowest BCUT2D eigenvalue weighted by atomic mass is 9.99. The Balaban J connectivity index is 1.85. The third-order valence-electron chi connectivity index (χ3n) is 3.28. The quantitative estimate of drug-likeness (QED) is 0.849. The first kappa shape index (κ1) is 12.8. The van der Waals surface area contributed by atoms with Crippen molar-refractivity contribution >= 4 is 0 Å². The maximum Gasteiger partial charge on any atom is 0.0975 e. The molecule has 2 aromatic rings. The van der Waals surface area contributed by atoms with Crippen molar-refractivity contribution in [2.75, 3.05) is 0 Å². The van der Waals surface area contributed by atoms with Crippen LogP contribution in [0.4, 0.5) is 0 Å². The van der Waals surface area contributed by atoms with Gasteiger partial charge in [0.2, 0.25) is 0 Å². The van der Waals surface area contributed by atoms with E-state index in [1.54, 1.807) is 12.5 Å². The molecule has 1 aromatic carbocycles. The number of rotatable bonds is 5. The van der Waals surface area contributed by atoms with E-state index in [1.807, 2.05) is 0 Å². The number of benzene rings is 1. The van der Waals surface area contributed by atoms with Crippen LogP contribution in [0.1, 0.15) is 41.3 Å². The van der Waals surface area contributed by atoms with Crippen LogP contribution in [0.5, 0.6) is 0 Å². The van der Waals surface area contributed by atoms with E-state index < -0.39 is 6.10 Å². The fraction of sp³-hybridized carbons (Fsp3) is 0.400. The number of aromatic amines is 1. The first-order chi connectivity index (χ1) is 8.66. The second kappa shape index (κ2) is 5.83. The van der Waals surface area contributed by atoms with Crippen molar-refractivity contribution in [3.8, 4) is 0 Å². The summed E-state index contributed by atoms with van der Waals surface area (Å²) in [5, 5.41) is 9.92. The molecule has 0 aliphatic heterocycles. The lowest BCUT2D eigenvalue weighted by Crippen LogP contribution is -1.99. The van der Waals surface area contributed by atoms with Crippen LogP contribution in [0.25, 0.3) is 0 Å². The summed E-state index contributed by atoms with van der Waals surface area (Å²) in [4.78, 5) is 6.93. The zero-order valence-electron chi connectivity index (χ0n) is 11.0. The molecule has 1 atom stereocenters. The molecule has 1 aromatic heterocycles. The zero-order valence-corrected chi connectivity index (χ0v) is 11.0. The molecule has 0 aliphatic carbocycles. The average Bonchev–Trinajstić information content (AvgIpc) is 2.85. The minimum atomic E-state index is -0.456. The normalized spacial score (nSPS) is 12.6. The number of hydrogen-bond donors (Lipinski definition) is 2. The van der Waals surface area contributed by atoms with Crippen molar-refractivity contribution in [1.29, 1.82) is 0 Å². The maximum atomic E-state index is 9.92. The van der Waals surface area contributed by atoms with Gasteiger partial charge in [0.05, 0.1) is 18.1 Å². The minimum Gasteiger partial charge on any atom is -0.387 e. The topological polar surface area (TPSA) is 48.9 Å². The van der Waals surface area contributed by atoms with Gasteiger partial charge >= 0.3 is 0 Å². The molecule has 3 nitrogen and oxygen atoms in total. The van der Waals surface area contributed by atoms with Crippen LogP contribution in [-0.2, 0) is 6.42 Å². The first-order valence-corrected chi connectivity index (χ1v) is 6.39. The summed E-state index contributed by atoms with van der Waals surface area (Å²) in [5.41, 5.74) is 4.74. The monoisotopic (exact) mass is 244 g/mol. The number of nitrogens with zero attached hydrogens (tertiary/aromatic N) is 1. The van der Waals surface area contributed by atoms with Gasteiger partial charge in [-0.15, -0.1) is 0 Å². The van der Waals surface area contributed by atoms with E-state index >= 15 is 0 Å². The van der Waals surface area contributed by atoms with Gasteiger partial charge in [-0.1, -0.05) is 23.8 Å². The molecule has 0 bridgehead atoms. The molecule has 18 heavy (non-hydrogen) atoms. The molecule has 2 N–H and O–H groups in total. The van der Waals surface area contributed by atoms with Crippen molar-refractivity contribution < 1.29 is 5.11 Å². The molecule has 0 saturated heterocycles. The number of aromatic nitrogens is 2. The van der Waals surface area contributed by atoms with Crippen LogP contribution in [-0.4, -0.2) is 15.1 Å². The highest BCUT2D eigenvalue weighted by atomic mass is 16.3. The fourth-order valence-electron chi connectivity index (χ4n) is 2.21. The van der Waals surface area contributed by atoms with Crippen LogP contribution in [0, 0.1) is 13.8 Å². The van der Waals surface area contributed by atoms with E-state index in [0.29, 0.717) is 0 Å². The molecule has 96 valence electrons. The van der Waals surface area contributed by atoms with Gasteiger partial charge in [0.25, 0.3) is 0 Å². The van der Waals surface area contributed by atoms with E-state index in [0.717, 1.165) is 25.0 Å². The Morgan fingerprint density at radius 3 is 2.83 bits per heavy atom. The summed E-state index contributed by atoms with van der Waals surface area (Å²) >= 11 is 0. The smallest absolute Gasteiger partial charge is 0.0975 e. The number of H-pyrrole nitrogens is 1.